The van der Waals surface area contributed by atoms with Crippen LogP contribution in [0.2, 0.25) is 0 Å². The molecule has 0 radical (unpaired) electrons. The van der Waals surface area contributed by atoms with Gasteiger partial charge in [-0.2, -0.15) is 0 Å². The maximum atomic E-state index is 11.2. The van der Waals surface area contributed by atoms with Crippen molar-refractivity contribution in [3.8, 4) is 11.8 Å². The number of likely N-dealkylation sites (N-methyl/N-ethyl adjacent to an activating group) is 1. The topological polar surface area (TPSA) is 53.9 Å². The van der Waals surface area contributed by atoms with Crippen LogP contribution in [0.25, 0.3) is 0 Å². The normalized spacial score (nSPS) is 10.7. The summed E-state index contributed by atoms with van der Waals surface area (Å²) in [6.45, 7) is 3.03. The summed E-state index contributed by atoms with van der Waals surface area (Å²) in [5.41, 5.74) is 0. The molecule has 0 aromatic heterocycles. The van der Waals surface area contributed by atoms with Gasteiger partial charge in [0.05, 0.1) is 0 Å². The molecule has 16 heavy (non-hydrogen) atoms. The minimum atomic E-state index is -0.181. The Hall–Kier alpha value is -0.810. The molecule has 1 N–H and O–H groups in total. The van der Waals surface area contributed by atoms with E-state index in [1.165, 1.54) is 0 Å². The van der Waals surface area contributed by atoms with E-state index in [4.69, 9.17) is 4.84 Å². The van der Waals surface area contributed by atoms with Crippen molar-refractivity contribution >= 4 is 32.2 Å². The molecule has 0 spiro atoms. The summed E-state index contributed by atoms with van der Waals surface area (Å²) in [7, 11) is 3.89. The number of hydrogen-bond donors (Lipinski definition) is 1. The maximum Gasteiger partial charge on any atom is 0.260 e. The number of halogens is 1. The van der Waals surface area contributed by atoms with Crippen molar-refractivity contribution in [1.82, 2.24) is 10.2 Å². The smallest absolute Gasteiger partial charge is 0.260 e. The van der Waals surface area contributed by atoms with E-state index in [0.717, 1.165) is 6.54 Å². The Labute approximate surface area is 110 Å². The molecule has 0 saturated heterocycles. The molecule has 0 aromatic rings. The van der Waals surface area contributed by atoms with E-state index in [1.807, 2.05) is 41.6 Å². The molecule has 0 aliphatic heterocycles. The first-order chi connectivity index (χ1) is 7.56. The zero-order chi connectivity index (χ0) is 12.4. The van der Waals surface area contributed by atoms with Gasteiger partial charge in [-0.15, -0.1) is 0 Å². The van der Waals surface area contributed by atoms with Gasteiger partial charge in [-0.25, -0.2) is 0 Å². The minimum Gasteiger partial charge on any atom is -0.384 e. The molecule has 0 fully saturated rings. The molecule has 0 unspecified atom stereocenters. The molecule has 0 saturated carbocycles. The summed E-state index contributed by atoms with van der Waals surface area (Å²) >= 11 is 1.94. The predicted octanol–water partition coefficient (Wildman–Crippen LogP) is 0.453. The Morgan fingerprint density at radius 3 is 2.81 bits per heavy atom. The number of nitrogens with zero attached hydrogens (tertiary/aromatic N) is 2. The SMILES string of the molecule is CC#C/C(I)=N\OCC(=O)NCCN(C)C. The Morgan fingerprint density at radius 1 is 1.56 bits per heavy atom. The minimum absolute atomic E-state index is 0.0781. The van der Waals surface area contributed by atoms with Crippen LogP contribution in [-0.2, 0) is 9.63 Å². The van der Waals surface area contributed by atoms with E-state index in [0.29, 0.717) is 10.3 Å². The van der Waals surface area contributed by atoms with Crippen LogP contribution in [0.4, 0.5) is 0 Å². The second-order valence-electron chi connectivity index (χ2n) is 3.18. The average molecular weight is 337 g/mol. The van der Waals surface area contributed by atoms with Crippen molar-refractivity contribution < 1.29 is 9.63 Å². The summed E-state index contributed by atoms with van der Waals surface area (Å²) in [4.78, 5) is 18.0. The Bertz CT molecular complexity index is 305. The Kier molecular flexibility index (Phi) is 8.94. The van der Waals surface area contributed by atoms with E-state index in [1.54, 1.807) is 6.92 Å². The van der Waals surface area contributed by atoms with Gasteiger partial charge >= 0.3 is 0 Å². The van der Waals surface area contributed by atoms with Crippen molar-refractivity contribution in [1.29, 1.82) is 0 Å². The van der Waals surface area contributed by atoms with Crippen LogP contribution < -0.4 is 5.32 Å². The number of carbonyl (C=O) groups is 1. The Balaban J connectivity index is 3.64. The van der Waals surface area contributed by atoms with Gasteiger partial charge in [0.1, 0.15) is 0 Å². The summed E-state index contributed by atoms with van der Waals surface area (Å²) in [5.74, 6) is 5.20. The molecule has 0 rings (SSSR count). The molecule has 1 amide bonds. The number of nitrogens with one attached hydrogen (secondary N) is 1. The lowest BCUT2D eigenvalue weighted by molar-refractivity contribution is -0.125. The largest absolute Gasteiger partial charge is 0.384 e. The van der Waals surface area contributed by atoms with Gasteiger partial charge in [0, 0.05) is 13.1 Å². The van der Waals surface area contributed by atoms with E-state index in [-0.39, 0.29) is 12.5 Å². The molecule has 0 aliphatic rings. The van der Waals surface area contributed by atoms with Gasteiger partial charge in [0.25, 0.3) is 5.91 Å². The van der Waals surface area contributed by atoms with Gasteiger partial charge in [0.15, 0.2) is 10.3 Å². The highest BCUT2D eigenvalue weighted by molar-refractivity contribution is 14.1. The summed E-state index contributed by atoms with van der Waals surface area (Å²) in [5, 5.41) is 6.36. The van der Waals surface area contributed by atoms with Crippen molar-refractivity contribution in [2.45, 2.75) is 6.92 Å². The first-order valence-corrected chi connectivity index (χ1v) is 5.83. The molecular formula is C10H16IN3O2. The Morgan fingerprint density at radius 2 is 2.25 bits per heavy atom. The standard InChI is InChI=1S/C10H16IN3O2/c1-4-5-9(11)13-16-8-10(15)12-6-7-14(2)3/h6-8H2,1-3H3,(H,12,15)/b13-9+. The number of oxime groups is 1. The van der Waals surface area contributed by atoms with E-state index in [9.17, 15) is 4.79 Å². The van der Waals surface area contributed by atoms with Crippen LogP contribution in [0.5, 0.6) is 0 Å². The monoisotopic (exact) mass is 337 g/mol. The summed E-state index contributed by atoms with van der Waals surface area (Å²) in [6.07, 6.45) is 0. The van der Waals surface area contributed by atoms with Crippen LogP contribution in [0.15, 0.2) is 5.16 Å². The molecule has 90 valence electrons. The predicted molar refractivity (Wildman–Crippen MR) is 72.4 cm³/mol. The zero-order valence-electron chi connectivity index (χ0n) is 9.71. The first-order valence-electron chi connectivity index (χ1n) is 4.76. The third-order valence-corrected chi connectivity index (χ3v) is 1.92. The quantitative estimate of drug-likeness (QED) is 0.332. The van der Waals surface area contributed by atoms with E-state index < -0.39 is 0 Å². The van der Waals surface area contributed by atoms with Gasteiger partial charge in [-0.05, 0) is 49.5 Å². The molecule has 6 heteroatoms. The van der Waals surface area contributed by atoms with Crippen molar-refractivity contribution in [2.24, 2.45) is 5.16 Å². The second kappa shape index (κ2) is 9.42. The first kappa shape index (κ1) is 15.2. The summed E-state index contributed by atoms with van der Waals surface area (Å²) < 4.78 is 0.529. The number of amides is 1. The highest BCUT2D eigenvalue weighted by Crippen LogP contribution is 1.90. The van der Waals surface area contributed by atoms with Crippen LogP contribution >= 0.6 is 22.6 Å². The van der Waals surface area contributed by atoms with Crippen LogP contribution in [0.3, 0.4) is 0 Å². The average Bonchev–Trinajstić information content (AvgIpc) is 2.17. The van der Waals surface area contributed by atoms with Gasteiger partial charge < -0.3 is 15.1 Å². The molecule has 0 heterocycles. The third-order valence-electron chi connectivity index (χ3n) is 1.45. The number of rotatable bonds is 6. The fourth-order valence-electron chi connectivity index (χ4n) is 0.744. The molecular weight excluding hydrogens is 321 g/mol. The summed E-state index contributed by atoms with van der Waals surface area (Å²) in [6, 6.07) is 0. The lowest BCUT2D eigenvalue weighted by Crippen LogP contribution is -2.33. The lowest BCUT2D eigenvalue weighted by Gasteiger charge is -2.09. The van der Waals surface area contributed by atoms with E-state index >= 15 is 0 Å². The molecule has 0 aliphatic carbocycles. The van der Waals surface area contributed by atoms with Crippen LogP contribution in [0.1, 0.15) is 6.92 Å². The second-order valence-corrected chi connectivity index (χ2v) is 4.21. The van der Waals surface area contributed by atoms with Gasteiger partial charge in [-0.1, -0.05) is 11.1 Å². The van der Waals surface area contributed by atoms with Crippen molar-refractivity contribution in [3.63, 3.8) is 0 Å². The van der Waals surface area contributed by atoms with Gasteiger partial charge in [0.2, 0.25) is 0 Å². The lowest BCUT2D eigenvalue weighted by atomic mass is 10.5. The van der Waals surface area contributed by atoms with Crippen molar-refractivity contribution in [3.05, 3.63) is 0 Å². The third kappa shape index (κ3) is 9.73. The van der Waals surface area contributed by atoms with Crippen LogP contribution in [0, 0.1) is 11.8 Å². The highest BCUT2D eigenvalue weighted by Gasteiger charge is 2.00. The van der Waals surface area contributed by atoms with Crippen LogP contribution in [-0.4, -0.2) is 48.3 Å². The fourth-order valence-corrected chi connectivity index (χ4v) is 1.15. The zero-order valence-corrected chi connectivity index (χ0v) is 11.9. The molecule has 0 aromatic carbocycles. The highest BCUT2D eigenvalue weighted by atomic mass is 127. The van der Waals surface area contributed by atoms with Gasteiger partial charge in [-0.3, -0.25) is 4.79 Å². The molecule has 0 bridgehead atoms. The molecule has 0 atom stereocenters. The molecule has 5 nitrogen and oxygen atoms in total. The number of carbonyl (C=O) groups excluding carboxylic acids is 1. The van der Waals surface area contributed by atoms with Crippen molar-refractivity contribution in [2.75, 3.05) is 33.8 Å². The van der Waals surface area contributed by atoms with E-state index in [2.05, 4.69) is 22.3 Å². The fraction of sp³-hybridized carbons (Fsp3) is 0.600. The number of hydrogen-bond acceptors (Lipinski definition) is 4. The maximum absolute atomic E-state index is 11.2.